The summed E-state index contributed by atoms with van der Waals surface area (Å²) in [6, 6.07) is 7.99. The zero-order chi connectivity index (χ0) is 34.6. The first kappa shape index (κ1) is 35.9. The molecule has 4 rings (SSSR count). The van der Waals surface area contributed by atoms with Crippen molar-refractivity contribution >= 4 is 29.6 Å². The van der Waals surface area contributed by atoms with E-state index in [2.05, 4.69) is 22.2 Å². The zero-order valence-electron chi connectivity index (χ0n) is 27.6. The molecular formula is C36H44N4O8. The standard InChI is InChI=1S/C36H44N4O8/c1-23-10-8-16-37-31(42)15-14-25(3)33(26(4)21-47-36(45)38-27-11-6-5-7-12-27)48-35(44)30-13-9-17-40(30)34(43)29-22-46-32(39-29)20-24(2)19-28(41)18-23/h5-8,10-12,14-15,18,22,25-26,28,30,33,41H,2,9,13,16-17,19-21H2,1,3-4H3,(H,37,42)(H,38,45)/b10-8+,15-14+,23-18+. The summed E-state index contributed by atoms with van der Waals surface area (Å²) in [5.41, 5.74) is 2.09. The molecule has 2 aromatic rings. The average molecular weight is 661 g/mol. The van der Waals surface area contributed by atoms with Crippen molar-refractivity contribution in [3.8, 4) is 0 Å². The lowest BCUT2D eigenvalue weighted by Crippen LogP contribution is -2.44. The number of carbonyl (C=O) groups excluding carboxylic acids is 4. The summed E-state index contributed by atoms with van der Waals surface area (Å²) in [5, 5.41) is 15.9. The molecule has 5 unspecified atom stereocenters. The van der Waals surface area contributed by atoms with E-state index < -0.39 is 48.1 Å². The summed E-state index contributed by atoms with van der Waals surface area (Å²) in [6.45, 7) is 9.94. The Morgan fingerprint density at radius 3 is 2.77 bits per heavy atom. The van der Waals surface area contributed by atoms with Crippen LogP contribution in [0.3, 0.4) is 0 Å². The van der Waals surface area contributed by atoms with Gasteiger partial charge in [0, 0.05) is 37.0 Å². The summed E-state index contributed by atoms with van der Waals surface area (Å²) in [5.74, 6) is -2.08. The number of hydrogen-bond acceptors (Lipinski definition) is 9. The molecule has 0 saturated carbocycles. The molecule has 5 atom stereocenters. The number of cyclic esters (lactones) is 1. The predicted molar refractivity (Wildman–Crippen MR) is 179 cm³/mol. The fraction of sp³-hybridized carbons (Fsp3) is 0.417. The number of oxazole rings is 1. The van der Waals surface area contributed by atoms with Gasteiger partial charge in [0.15, 0.2) is 11.6 Å². The molecule has 256 valence electrons. The van der Waals surface area contributed by atoms with Gasteiger partial charge < -0.3 is 29.2 Å². The quantitative estimate of drug-likeness (QED) is 0.311. The van der Waals surface area contributed by atoms with Crippen molar-refractivity contribution in [3.05, 3.63) is 96.3 Å². The fourth-order valence-electron chi connectivity index (χ4n) is 5.64. The molecule has 3 N–H and O–H groups in total. The summed E-state index contributed by atoms with van der Waals surface area (Å²) in [4.78, 5) is 58.0. The molecule has 1 saturated heterocycles. The normalized spacial score (nSPS) is 26.2. The van der Waals surface area contributed by atoms with Gasteiger partial charge in [0.25, 0.3) is 5.91 Å². The van der Waals surface area contributed by atoms with Crippen molar-refractivity contribution in [2.24, 2.45) is 11.8 Å². The molecule has 2 aliphatic rings. The van der Waals surface area contributed by atoms with Crippen molar-refractivity contribution in [2.75, 3.05) is 25.0 Å². The molecule has 0 aliphatic carbocycles. The van der Waals surface area contributed by atoms with Gasteiger partial charge in [-0.05, 0) is 44.4 Å². The van der Waals surface area contributed by atoms with E-state index in [-0.39, 0.29) is 43.5 Å². The number of para-hydroxylation sites is 1. The van der Waals surface area contributed by atoms with Crippen molar-refractivity contribution in [3.63, 3.8) is 0 Å². The first-order chi connectivity index (χ1) is 23.0. The number of nitrogens with one attached hydrogen (secondary N) is 2. The van der Waals surface area contributed by atoms with Crippen molar-refractivity contribution < 1.29 is 38.2 Å². The van der Waals surface area contributed by atoms with Gasteiger partial charge in [-0.3, -0.25) is 14.9 Å². The molecule has 48 heavy (non-hydrogen) atoms. The summed E-state index contributed by atoms with van der Waals surface area (Å²) in [6.07, 6.45) is 8.72. The van der Waals surface area contributed by atoms with Crippen LogP contribution in [0.5, 0.6) is 0 Å². The highest BCUT2D eigenvalue weighted by Crippen LogP contribution is 2.26. The second-order valence-electron chi connectivity index (χ2n) is 12.2. The maximum absolute atomic E-state index is 13.7. The van der Waals surface area contributed by atoms with Gasteiger partial charge in [0.05, 0.1) is 12.7 Å². The number of hydrogen-bond donors (Lipinski definition) is 3. The van der Waals surface area contributed by atoms with Gasteiger partial charge in [0.2, 0.25) is 5.91 Å². The number of esters is 1. The Morgan fingerprint density at radius 2 is 2.00 bits per heavy atom. The molecule has 0 radical (unpaired) electrons. The number of ether oxygens (including phenoxy) is 2. The molecule has 1 fully saturated rings. The predicted octanol–water partition coefficient (Wildman–Crippen LogP) is 4.75. The number of aromatic nitrogens is 1. The summed E-state index contributed by atoms with van der Waals surface area (Å²) < 4.78 is 17.1. The van der Waals surface area contributed by atoms with Gasteiger partial charge >= 0.3 is 12.1 Å². The van der Waals surface area contributed by atoms with Gasteiger partial charge in [-0.15, -0.1) is 0 Å². The highest BCUT2D eigenvalue weighted by Gasteiger charge is 2.39. The third-order valence-electron chi connectivity index (χ3n) is 8.07. The van der Waals surface area contributed by atoms with Crippen molar-refractivity contribution in [1.82, 2.24) is 15.2 Å². The zero-order valence-corrected chi connectivity index (χ0v) is 27.6. The lowest BCUT2D eigenvalue weighted by Gasteiger charge is -2.30. The first-order valence-electron chi connectivity index (χ1n) is 16.1. The summed E-state index contributed by atoms with van der Waals surface area (Å²) >= 11 is 0. The fourth-order valence-corrected chi connectivity index (χ4v) is 5.64. The van der Waals surface area contributed by atoms with Gasteiger partial charge in [-0.2, -0.15) is 0 Å². The van der Waals surface area contributed by atoms with E-state index in [4.69, 9.17) is 13.9 Å². The average Bonchev–Trinajstić information content (AvgIpc) is 3.73. The van der Waals surface area contributed by atoms with Gasteiger partial charge in [-0.25, -0.2) is 14.6 Å². The molecule has 2 bridgehead atoms. The molecule has 1 aromatic carbocycles. The number of allylic oxidation sites excluding steroid dienone is 2. The molecule has 12 nitrogen and oxygen atoms in total. The molecule has 12 heteroatoms. The maximum Gasteiger partial charge on any atom is 0.411 e. The largest absolute Gasteiger partial charge is 0.460 e. The Morgan fingerprint density at radius 1 is 1.23 bits per heavy atom. The van der Waals surface area contributed by atoms with Crippen LogP contribution in [0.1, 0.15) is 56.4 Å². The van der Waals surface area contributed by atoms with Crippen LogP contribution in [0.2, 0.25) is 0 Å². The second-order valence-corrected chi connectivity index (χ2v) is 12.2. The second kappa shape index (κ2) is 17.3. The van der Waals surface area contributed by atoms with Crippen molar-refractivity contribution in [1.29, 1.82) is 0 Å². The number of fused-ring (bicyclic) bond motifs is 3. The van der Waals surface area contributed by atoms with Crippen LogP contribution in [0.25, 0.3) is 0 Å². The smallest absolute Gasteiger partial charge is 0.411 e. The van der Waals surface area contributed by atoms with Crippen LogP contribution >= 0.6 is 0 Å². The molecule has 3 amide bonds. The van der Waals surface area contributed by atoms with Crippen LogP contribution in [-0.4, -0.2) is 76.8 Å². The SMILES string of the molecule is C=C1Cc2nc(co2)C(=O)N2CCCC2C(=O)OC(C(C)COC(=O)Nc2ccccc2)C(C)/C=C/C(=O)NC/C=C/C(C)=C/C(O)C1. The minimum absolute atomic E-state index is 0.0578. The van der Waals surface area contributed by atoms with Crippen LogP contribution in [0.4, 0.5) is 10.5 Å². The van der Waals surface area contributed by atoms with Crippen molar-refractivity contribution in [2.45, 2.75) is 64.7 Å². The highest BCUT2D eigenvalue weighted by molar-refractivity contribution is 5.95. The number of anilines is 1. The topological polar surface area (TPSA) is 160 Å². The van der Waals surface area contributed by atoms with Crippen LogP contribution in [0, 0.1) is 11.8 Å². The van der Waals surface area contributed by atoms with E-state index in [1.54, 1.807) is 62.4 Å². The van der Waals surface area contributed by atoms with Crippen LogP contribution in [0.15, 0.2) is 89.1 Å². The summed E-state index contributed by atoms with van der Waals surface area (Å²) in [7, 11) is 0. The molecule has 1 aromatic heterocycles. The van der Waals surface area contributed by atoms with E-state index in [1.165, 1.54) is 17.2 Å². The Kier molecular flexibility index (Phi) is 12.9. The van der Waals surface area contributed by atoms with E-state index >= 15 is 0 Å². The molecule has 2 aliphatic heterocycles. The Hall–Kier alpha value is -4.97. The van der Waals surface area contributed by atoms with E-state index in [0.717, 1.165) is 5.57 Å². The number of carbonyl (C=O) groups is 4. The number of nitrogens with zero attached hydrogens (tertiary/aromatic N) is 2. The molecule has 0 spiro atoms. The van der Waals surface area contributed by atoms with Crippen LogP contribution in [-0.2, 0) is 25.5 Å². The number of benzene rings is 1. The lowest BCUT2D eigenvalue weighted by atomic mass is 9.93. The number of rotatable bonds is 4. The minimum atomic E-state index is -0.859. The van der Waals surface area contributed by atoms with Gasteiger partial charge in [-0.1, -0.05) is 74.1 Å². The third-order valence-corrected chi connectivity index (χ3v) is 8.07. The maximum atomic E-state index is 13.7. The monoisotopic (exact) mass is 660 g/mol. The Balaban J connectivity index is 1.54. The van der Waals surface area contributed by atoms with E-state index in [1.807, 2.05) is 13.0 Å². The number of aliphatic hydroxyl groups is 1. The number of amides is 3. The first-order valence-corrected chi connectivity index (χ1v) is 16.1. The van der Waals surface area contributed by atoms with Gasteiger partial charge in [0.1, 0.15) is 18.4 Å². The lowest BCUT2D eigenvalue weighted by molar-refractivity contribution is -0.159. The minimum Gasteiger partial charge on any atom is -0.460 e. The third kappa shape index (κ3) is 10.5. The molecule has 3 heterocycles. The van der Waals surface area contributed by atoms with E-state index in [0.29, 0.717) is 30.6 Å². The Bertz CT molecular complexity index is 1550. The molecular weight excluding hydrogens is 616 g/mol. The Labute approximate surface area is 280 Å². The highest BCUT2D eigenvalue weighted by atomic mass is 16.6. The van der Waals surface area contributed by atoms with E-state index in [9.17, 15) is 24.3 Å². The number of aliphatic hydroxyl groups excluding tert-OH is 1. The van der Waals surface area contributed by atoms with Crippen LogP contribution < -0.4 is 10.6 Å².